The van der Waals surface area contributed by atoms with Crippen LogP contribution in [0.25, 0.3) is 0 Å². The zero-order chi connectivity index (χ0) is 19.0. The molecular formula is C20H23N3O4. The fourth-order valence-electron chi connectivity index (χ4n) is 4.03. The minimum Gasteiger partial charge on any atom is -0.439 e. The fourth-order valence-corrected chi connectivity index (χ4v) is 4.03. The van der Waals surface area contributed by atoms with E-state index in [4.69, 9.17) is 9.26 Å². The first kappa shape index (κ1) is 17.6. The lowest BCUT2D eigenvalue weighted by Crippen LogP contribution is -2.49. The third-order valence-corrected chi connectivity index (χ3v) is 5.44. The fraction of sp³-hybridized carbons (Fsp3) is 0.450. The summed E-state index contributed by atoms with van der Waals surface area (Å²) in [5.41, 5.74) is 1.35. The number of piperidine rings is 1. The highest BCUT2D eigenvalue weighted by Crippen LogP contribution is 2.35. The molecule has 0 N–H and O–H groups in total. The highest BCUT2D eigenvalue weighted by atomic mass is 16.6. The van der Waals surface area contributed by atoms with Gasteiger partial charge in [-0.3, -0.25) is 9.69 Å². The lowest BCUT2D eigenvalue weighted by molar-refractivity contribution is 0.0631. The maximum Gasteiger partial charge on any atom is 0.411 e. The van der Waals surface area contributed by atoms with E-state index in [9.17, 15) is 9.59 Å². The summed E-state index contributed by atoms with van der Waals surface area (Å²) < 4.78 is 10.6. The largest absolute Gasteiger partial charge is 0.439 e. The lowest BCUT2D eigenvalue weighted by atomic mass is 9.98. The van der Waals surface area contributed by atoms with Gasteiger partial charge in [0.1, 0.15) is 11.9 Å². The van der Waals surface area contributed by atoms with E-state index >= 15 is 0 Å². The third-order valence-electron chi connectivity index (χ3n) is 5.44. The van der Waals surface area contributed by atoms with E-state index < -0.39 is 0 Å². The molecule has 1 aromatic carbocycles. The van der Waals surface area contributed by atoms with Crippen molar-refractivity contribution in [2.75, 3.05) is 13.1 Å². The third kappa shape index (κ3) is 3.29. The molecular weight excluding hydrogens is 346 g/mol. The number of likely N-dealkylation sites (tertiary alicyclic amines) is 1. The number of carbonyl (C=O) groups is 2. The van der Waals surface area contributed by atoms with Crippen molar-refractivity contribution in [3.63, 3.8) is 0 Å². The number of nitrogens with zero attached hydrogens (tertiary/aromatic N) is 3. The summed E-state index contributed by atoms with van der Waals surface area (Å²) in [5, 5.41) is 3.80. The predicted molar refractivity (Wildman–Crippen MR) is 97.1 cm³/mol. The van der Waals surface area contributed by atoms with Gasteiger partial charge in [-0.15, -0.1) is 0 Å². The van der Waals surface area contributed by atoms with Crippen LogP contribution in [0.1, 0.15) is 47.7 Å². The van der Waals surface area contributed by atoms with E-state index in [2.05, 4.69) is 5.16 Å². The molecule has 2 aliphatic rings. The van der Waals surface area contributed by atoms with E-state index in [1.807, 2.05) is 42.2 Å². The topological polar surface area (TPSA) is 75.9 Å². The summed E-state index contributed by atoms with van der Waals surface area (Å²) >= 11 is 0. The monoisotopic (exact) mass is 369 g/mol. The lowest BCUT2D eigenvalue weighted by Gasteiger charge is -2.37. The molecule has 0 saturated carbocycles. The van der Waals surface area contributed by atoms with Crippen LogP contribution in [-0.4, -0.2) is 52.1 Å². The highest BCUT2D eigenvalue weighted by Gasteiger charge is 2.44. The van der Waals surface area contributed by atoms with Gasteiger partial charge in [0.25, 0.3) is 5.91 Å². The van der Waals surface area contributed by atoms with Gasteiger partial charge in [0.2, 0.25) is 0 Å². The molecule has 1 aromatic heterocycles. The second-order valence-corrected chi connectivity index (χ2v) is 7.21. The smallest absolute Gasteiger partial charge is 0.411 e. The van der Waals surface area contributed by atoms with Crippen molar-refractivity contribution in [2.24, 2.45) is 0 Å². The Kier molecular flexibility index (Phi) is 4.59. The Morgan fingerprint density at radius 1 is 1.19 bits per heavy atom. The molecule has 2 amide bonds. The van der Waals surface area contributed by atoms with Crippen LogP contribution >= 0.6 is 0 Å². The number of carbonyl (C=O) groups excluding carboxylic acids is 2. The van der Waals surface area contributed by atoms with Crippen molar-refractivity contribution in [1.29, 1.82) is 0 Å². The summed E-state index contributed by atoms with van der Waals surface area (Å²) in [6.45, 7) is 4.96. The maximum atomic E-state index is 12.5. The SMILES string of the molecule is Cc1cc(C(=O)N2CCC(N3C(=O)O[C@H](c4ccccc4)[C@@H]3C)CC2)no1. The number of cyclic esters (lactones) is 1. The van der Waals surface area contributed by atoms with Gasteiger partial charge in [0, 0.05) is 25.2 Å². The van der Waals surface area contributed by atoms with Crippen molar-refractivity contribution >= 4 is 12.0 Å². The predicted octanol–water partition coefficient (Wildman–Crippen LogP) is 3.17. The van der Waals surface area contributed by atoms with Crippen molar-refractivity contribution < 1.29 is 18.8 Å². The Labute approximate surface area is 157 Å². The van der Waals surface area contributed by atoms with Crippen LogP contribution in [-0.2, 0) is 4.74 Å². The molecule has 0 spiro atoms. The Morgan fingerprint density at radius 2 is 1.89 bits per heavy atom. The first-order valence-electron chi connectivity index (χ1n) is 9.31. The van der Waals surface area contributed by atoms with E-state index in [-0.39, 0.29) is 30.2 Å². The van der Waals surface area contributed by atoms with Gasteiger partial charge >= 0.3 is 6.09 Å². The molecule has 7 heteroatoms. The highest BCUT2D eigenvalue weighted by molar-refractivity contribution is 5.92. The second kappa shape index (κ2) is 7.06. The summed E-state index contributed by atoms with van der Waals surface area (Å²) in [5.74, 6) is 0.498. The quantitative estimate of drug-likeness (QED) is 0.831. The van der Waals surface area contributed by atoms with Crippen molar-refractivity contribution in [1.82, 2.24) is 15.0 Å². The molecule has 2 aromatic rings. The molecule has 3 heterocycles. The van der Waals surface area contributed by atoms with E-state index in [0.29, 0.717) is 24.5 Å². The van der Waals surface area contributed by atoms with Crippen LogP contribution in [0.2, 0.25) is 0 Å². The van der Waals surface area contributed by atoms with Crippen LogP contribution in [0.4, 0.5) is 4.79 Å². The van der Waals surface area contributed by atoms with Crippen LogP contribution in [0.5, 0.6) is 0 Å². The average molecular weight is 369 g/mol. The van der Waals surface area contributed by atoms with E-state index in [0.717, 1.165) is 18.4 Å². The summed E-state index contributed by atoms with van der Waals surface area (Å²) in [7, 11) is 0. The molecule has 4 rings (SSSR count). The molecule has 0 aliphatic carbocycles. The molecule has 0 radical (unpaired) electrons. The Bertz CT molecular complexity index is 827. The van der Waals surface area contributed by atoms with Gasteiger partial charge in [0.05, 0.1) is 6.04 Å². The number of hydrogen-bond donors (Lipinski definition) is 0. The van der Waals surface area contributed by atoms with Crippen molar-refractivity contribution in [3.05, 3.63) is 53.4 Å². The van der Waals surface area contributed by atoms with Crippen LogP contribution < -0.4 is 0 Å². The normalized spacial score (nSPS) is 23.6. The Morgan fingerprint density at radius 3 is 2.52 bits per heavy atom. The Hall–Kier alpha value is -2.83. The Balaban J connectivity index is 1.40. The van der Waals surface area contributed by atoms with Gasteiger partial charge in [-0.25, -0.2) is 4.79 Å². The summed E-state index contributed by atoms with van der Waals surface area (Å²) in [6.07, 6.45) is 0.928. The molecule has 7 nitrogen and oxygen atoms in total. The molecule has 0 unspecified atom stereocenters. The maximum absolute atomic E-state index is 12.5. The van der Waals surface area contributed by atoms with Crippen LogP contribution in [0, 0.1) is 6.92 Å². The molecule has 0 bridgehead atoms. The zero-order valence-electron chi connectivity index (χ0n) is 15.5. The first-order valence-corrected chi connectivity index (χ1v) is 9.31. The van der Waals surface area contributed by atoms with Crippen molar-refractivity contribution in [2.45, 2.75) is 44.9 Å². The molecule has 27 heavy (non-hydrogen) atoms. The minimum atomic E-state index is -0.270. The van der Waals surface area contributed by atoms with Gasteiger partial charge < -0.3 is 14.2 Å². The average Bonchev–Trinajstić information content (AvgIpc) is 3.25. The number of ether oxygens (including phenoxy) is 1. The molecule has 2 atom stereocenters. The van der Waals surface area contributed by atoms with Crippen molar-refractivity contribution in [3.8, 4) is 0 Å². The second-order valence-electron chi connectivity index (χ2n) is 7.21. The molecule has 2 saturated heterocycles. The summed E-state index contributed by atoms with van der Waals surface area (Å²) in [6, 6.07) is 11.5. The van der Waals surface area contributed by atoms with Crippen LogP contribution in [0.3, 0.4) is 0 Å². The standard InChI is InChI=1S/C20H23N3O4/c1-13-12-17(21-27-13)19(24)22-10-8-16(9-11-22)23-14(2)18(26-20(23)25)15-6-4-3-5-7-15/h3-7,12,14,16,18H,8-11H2,1-2H3/t14-,18-/m0/s1. The van der Waals surface area contributed by atoms with Gasteiger partial charge in [-0.2, -0.15) is 0 Å². The van der Waals surface area contributed by atoms with E-state index in [1.165, 1.54) is 0 Å². The zero-order valence-corrected chi connectivity index (χ0v) is 15.5. The number of rotatable bonds is 3. The first-order chi connectivity index (χ1) is 13.0. The number of benzene rings is 1. The molecule has 2 aliphatic heterocycles. The van der Waals surface area contributed by atoms with Gasteiger partial charge in [-0.1, -0.05) is 35.5 Å². The molecule has 2 fully saturated rings. The van der Waals surface area contributed by atoms with Gasteiger partial charge in [0.15, 0.2) is 5.69 Å². The van der Waals surface area contributed by atoms with Crippen LogP contribution in [0.15, 0.2) is 40.9 Å². The number of hydrogen-bond acceptors (Lipinski definition) is 5. The minimum absolute atomic E-state index is 0.0367. The summed E-state index contributed by atoms with van der Waals surface area (Å²) in [4.78, 5) is 28.6. The number of aryl methyl sites for hydroxylation is 1. The number of amides is 2. The van der Waals surface area contributed by atoms with Gasteiger partial charge in [-0.05, 0) is 32.3 Å². The number of aromatic nitrogens is 1. The van der Waals surface area contributed by atoms with E-state index in [1.54, 1.807) is 17.9 Å². The molecule has 142 valence electrons.